The minimum atomic E-state index is -0.491. The monoisotopic (exact) mass is 168 g/mol. The fraction of sp³-hybridized carbons (Fsp3) is 0.167. The van der Waals surface area contributed by atoms with Crippen LogP contribution in [0.15, 0.2) is 18.3 Å². The van der Waals surface area contributed by atoms with E-state index in [0.717, 1.165) is 0 Å². The van der Waals surface area contributed by atoms with Crippen LogP contribution in [0.5, 0.6) is 0 Å². The lowest BCUT2D eigenvalue weighted by Gasteiger charge is -2.08. The number of hydrazine groups is 1. The average Bonchev–Trinajstić information content (AvgIpc) is 2.04. The molecule has 0 amide bonds. The number of anilines is 1. The van der Waals surface area contributed by atoms with Crippen molar-refractivity contribution in [1.29, 1.82) is 0 Å². The summed E-state index contributed by atoms with van der Waals surface area (Å²) in [7, 11) is 1.56. The summed E-state index contributed by atoms with van der Waals surface area (Å²) in [4.78, 5) is 13.6. The second kappa shape index (κ2) is 3.14. The molecule has 0 spiro atoms. The summed E-state index contributed by atoms with van der Waals surface area (Å²) < 4.78 is 0. The Balaban J connectivity index is 3.04. The number of nitro groups is 1. The van der Waals surface area contributed by atoms with Gasteiger partial charge in [0.15, 0.2) is 0 Å². The molecule has 0 fully saturated rings. The van der Waals surface area contributed by atoms with Crippen molar-refractivity contribution in [1.82, 2.24) is 4.98 Å². The van der Waals surface area contributed by atoms with Crippen LogP contribution >= 0.6 is 0 Å². The van der Waals surface area contributed by atoms with Crippen LogP contribution in [-0.4, -0.2) is 17.0 Å². The molecule has 0 aliphatic carbocycles. The Kier molecular flexibility index (Phi) is 2.20. The van der Waals surface area contributed by atoms with E-state index in [1.807, 2.05) is 0 Å². The van der Waals surface area contributed by atoms with Crippen molar-refractivity contribution in [2.24, 2.45) is 5.84 Å². The fourth-order valence-corrected chi connectivity index (χ4v) is 0.714. The van der Waals surface area contributed by atoms with Gasteiger partial charge in [0, 0.05) is 19.3 Å². The molecule has 0 bridgehead atoms. The number of pyridine rings is 1. The predicted molar refractivity (Wildman–Crippen MR) is 43.5 cm³/mol. The third-order valence-corrected chi connectivity index (χ3v) is 1.30. The van der Waals surface area contributed by atoms with E-state index in [1.165, 1.54) is 23.3 Å². The summed E-state index contributed by atoms with van der Waals surface area (Å²) in [6, 6.07) is 2.62. The van der Waals surface area contributed by atoms with Crippen LogP contribution in [0, 0.1) is 10.1 Å². The zero-order chi connectivity index (χ0) is 9.14. The molecule has 2 N–H and O–H groups in total. The van der Waals surface area contributed by atoms with Gasteiger partial charge in [-0.3, -0.25) is 15.1 Å². The molecule has 0 aliphatic rings. The van der Waals surface area contributed by atoms with Gasteiger partial charge in [0.25, 0.3) is 5.69 Å². The number of nitrogens with two attached hydrogens (primary N) is 1. The smallest absolute Gasteiger partial charge is 0.274 e. The van der Waals surface area contributed by atoms with Crippen LogP contribution in [0.3, 0.4) is 0 Å². The molecule has 6 heteroatoms. The van der Waals surface area contributed by atoms with Gasteiger partial charge in [0.2, 0.25) is 0 Å². The summed E-state index contributed by atoms with van der Waals surface area (Å²) in [5.74, 6) is 5.70. The molecule has 1 heterocycles. The summed E-state index contributed by atoms with van der Waals surface area (Å²) in [5.41, 5.74) is -0.0164. The molecule has 12 heavy (non-hydrogen) atoms. The first-order valence-corrected chi connectivity index (χ1v) is 3.20. The highest BCUT2D eigenvalue weighted by Gasteiger charge is 2.07. The molecule has 1 rings (SSSR count). The van der Waals surface area contributed by atoms with Crippen molar-refractivity contribution in [3.05, 3.63) is 28.4 Å². The van der Waals surface area contributed by atoms with Crippen LogP contribution in [-0.2, 0) is 0 Å². The van der Waals surface area contributed by atoms with E-state index in [9.17, 15) is 10.1 Å². The van der Waals surface area contributed by atoms with Gasteiger partial charge in [-0.05, 0) is 0 Å². The standard InChI is InChI=1S/C6H8N4O2/c1-9(7)6-4-5(10(11)12)2-3-8-6/h2-4H,7H2,1H3. The Bertz CT molecular complexity index is 299. The van der Waals surface area contributed by atoms with Crippen molar-refractivity contribution in [2.75, 3.05) is 12.1 Å². The minimum absolute atomic E-state index is 0.0164. The highest BCUT2D eigenvalue weighted by atomic mass is 16.6. The first kappa shape index (κ1) is 8.41. The fourth-order valence-electron chi connectivity index (χ4n) is 0.714. The summed E-state index contributed by atoms with van der Waals surface area (Å²) >= 11 is 0. The second-order valence-corrected chi connectivity index (χ2v) is 2.24. The van der Waals surface area contributed by atoms with E-state index < -0.39 is 4.92 Å². The van der Waals surface area contributed by atoms with Crippen molar-refractivity contribution >= 4 is 11.5 Å². The van der Waals surface area contributed by atoms with E-state index in [-0.39, 0.29) is 5.69 Å². The SMILES string of the molecule is CN(N)c1cc([N+](=O)[O-])ccn1. The maximum absolute atomic E-state index is 10.3. The molecule has 6 nitrogen and oxygen atoms in total. The lowest BCUT2D eigenvalue weighted by Crippen LogP contribution is -2.25. The third-order valence-electron chi connectivity index (χ3n) is 1.30. The van der Waals surface area contributed by atoms with Gasteiger partial charge >= 0.3 is 0 Å². The Morgan fingerprint density at radius 3 is 2.92 bits per heavy atom. The van der Waals surface area contributed by atoms with Crippen molar-refractivity contribution in [2.45, 2.75) is 0 Å². The molecule has 0 aromatic carbocycles. The van der Waals surface area contributed by atoms with Crippen molar-refractivity contribution in [3.8, 4) is 0 Å². The van der Waals surface area contributed by atoms with Gasteiger partial charge in [-0.15, -0.1) is 0 Å². The van der Waals surface area contributed by atoms with Gasteiger partial charge in [0.1, 0.15) is 5.82 Å². The van der Waals surface area contributed by atoms with Gasteiger partial charge in [0.05, 0.1) is 11.0 Å². The number of hydrogen-bond acceptors (Lipinski definition) is 5. The molecule has 0 radical (unpaired) electrons. The summed E-state index contributed by atoms with van der Waals surface area (Å²) in [6.45, 7) is 0. The Hall–Kier alpha value is -1.69. The van der Waals surface area contributed by atoms with Gasteiger partial charge in [-0.2, -0.15) is 0 Å². The molecule has 0 unspecified atom stereocenters. The third kappa shape index (κ3) is 1.67. The molecule has 1 aromatic rings. The molecular formula is C6H8N4O2. The average molecular weight is 168 g/mol. The van der Waals surface area contributed by atoms with E-state index >= 15 is 0 Å². The first-order chi connectivity index (χ1) is 5.61. The van der Waals surface area contributed by atoms with Gasteiger partial charge in [-0.1, -0.05) is 0 Å². The molecule has 0 saturated carbocycles. The van der Waals surface area contributed by atoms with Crippen LogP contribution < -0.4 is 10.9 Å². The molecule has 0 aliphatic heterocycles. The number of rotatable bonds is 2. The number of nitrogens with zero attached hydrogens (tertiary/aromatic N) is 3. The van der Waals surface area contributed by atoms with E-state index in [4.69, 9.17) is 5.84 Å². The Labute approximate surface area is 68.7 Å². The number of aromatic nitrogens is 1. The van der Waals surface area contributed by atoms with Crippen LogP contribution in [0.25, 0.3) is 0 Å². The normalized spacial score (nSPS) is 9.50. The van der Waals surface area contributed by atoms with Crippen LogP contribution in [0.1, 0.15) is 0 Å². The molecule has 1 aromatic heterocycles. The quantitative estimate of drug-likeness (QED) is 0.390. The first-order valence-electron chi connectivity index (χ1n) is 3.20. The highest BCUT2D eigenvalue weighted by molar-refractivity contribution is 5.44. The second-order valence-electron chi connectivity index (χ2n) is 2.24. The molecule has 0 atom stereocenters. The van der Waals surface area contributed by atoms with E-state index in [1.54, 1.807) is 7.05 Å². The van der Waals surface area contributed by atoms with E-state index in [0.29, 0.717) is 5.82 Å². The molecule has 0 saturated heterocycles. The lowest BCUT2D eigenvalue weighted by atomic mass is 10.4. The summed E-state index contributed by atoms with van der Waals surface area (Å²) in [5, 5.41) is 11.5. The van der Waals surface area contributed by atoms with E-state index in [2.05, 4.69) is 4.98 Å². The maximum atomic E-state index is 10.3. The number of hydrogen-bond donors (Lipinski definition) is 1. The molecule has 64 valence electrons. The predicted octanol–water partition coefficient (Wildman–Crippen LogP) is 0.300. The highest BCUT2D eigenvalue weighted by Crippen LogP contribution is 2.14. The molecular weight excluding hydrogens is 160 g/mol. The van der Waals surface area contributed by atoms with Crippen LogP contribution in [0.2, 0.25) is 0 Å². The Morgan fingerprint density at radius 1 is 1.75 bits per heavy atom. The maximum Gasteiger partial charge on any atom is 0.274 e. The topological polar surface area (TPSA) is 85.3 Å². The van der Waals surface area contributed by atoms with Gasteiger partial charge < -0.3 is 0 Å². The Morgan fingerprint density at radius 2 is 2.42 bits per heavy atom. The minimum Gasteiger partial charge on any atom is -0.298 e. The zero-order valence-electron chi connectivity index (χ0n) is 6.47. The zero-order valence-corrected chi connectivity index (χ0v) is 6.47. The largest absolute Gasteiger partial charge is 0.298 e. The lowest BCUT2D eigenvalue weighted by molar-refractivity contribution is -0.384. The summed E-state index contributed by atoms with van der Waals surface area (Å²) in [6.07, 6.45) is 1.34. The van der Waals surface area contributed by atoms with Crippen molar-refractivity contribution in [3.63, 3.8) is 0 Å². The van der Waals surface area contributed by atoms with Crippen LogP contribution in [0.4, 0.5) is 11.5 Å². The van der Waals surface area contributed by atoms with Gasteiger partial charge in [-0.25, -0.2) is 10.8 Å². The van der Waals surface area contributed by atoms with Crippen molar-refractivity contribution < 1.29 is 4.92 Å².